The minimum atomic E-state index is 0.298. The van der Waals surface area contributed by atoms with Crippen LogP contribution in [0.25, 0.3) is 0 Å². The van der Waals surface area contributed by atoms with E-state index in [0.29, 0.717) is 6.04 Å². The number of aryl methyl sites for hydroxylation is 3. The molecule has 1 unspecified atom stereocenters. The predicted octanol–water partition coefficient (Wildman–Crippen LogP) is 2.72. The Morgan fingerprint density at radius 1 is 1.30 bits per heavy atom. The van der Waals surface area contributed by atoms with E-state index >= 15 is 0 Å². The number of hydrogen-bond donors (Lipinski definition) is 1. The van der Waals surface area contributed by atoms with Gasteiger partial charge in [0.05, 0.1) is 6.20 Å². The summed E-state index contributed by atoms with van der Waals surface area (Å²) >= 11 is 0. The Kier molecular flexibility index (Phi) is 4.90. The van der Waals surface area contributed by atoms with E-state index < -0.39 is 0 Å². The second-order valence-electron chi connectivity index (χ2n) is 5.36. The van der Waals surface area contributed by atoms with Gasteiger partial charge in [0.15, 0.2) is 0 Å². The molecule has 0 aliphatic carbocycles. The second kappa shape index (κ2) is 6.66. The third-order valence-corrected chi connectivity index (χ3v) is 3.48. The molecule has 2 rings (SSSR count). The fourth-order valence-corrected chi connectivity index (χ4v) is 2.49. The molecule has 1 N–H and O–H groups in total. The quantitative estimate of drug-likeness (QED) is 0.879. The van der Waals surface area contributed by atoms with Gasteiger partial charge in [0.2, 0.25) is 0 Å². The summed E-state index contributed by atoms with van der Waals surface area (Å²) in [7, 11) is 1.96. The first-order chi connectivity index (χ1) is 9.60. The number of aromatic nitrogens is 3. The van der Waals surface area contributed by atoms with E-state index in [1.807, 2.05) is 24.9 Å². The maximum Gasteiger partial charge on any atom is 0.0522 e. The lowest BCUT2D eigenvalue weighted by Crippen LogP contribution is -2.25. The zero-order valence-corrected chi connectivity index (χ0v) is 12.8. The molecule has 2 aromatic rings. The molecule has 0 aliphatic rings. The Bertz CT molecular complexity index is 559. The summed E-state index contributed by atoms with van der Waals surface area (Å²) in [5.74, 6) is 0. The number of hydrogen-bond acceptors (Lipinski definition) is 3. The molecule has 108 valence electrons. The van der Waals surface area contributed by atoms with Crippen molar-refractivity contribution in [1.82, 2.24) is 20.1 Å². The van der Waals surface area contributed by atoms with Gasteiger partial charge in [-0.2, -0.15) is 5.10 Å². The molecule has 0 bridgehead atoms. The van der Waals surface area contributed by atoms with Crippen LogP contribution in [0.4, 0.5) is 0 Å². The Morgan fingerprint density at radius 2 is 2.10 bits per heavy atom. The van der Waals surface area contributed by atoms with E-state index in [-0.39, 0.29) is 0 Å². The van der Waals surface area contributed by atoms with Crippen molar-refractivity contribution in [3.8, 4) is 0 Å². The minimum absolute atomic E-state index is 0.298. The molecule has 0 amide bonds. The fraction of sp³-hybridized carbons (Fsp3) is 0.500. The van der Waals surface area contributed by atoms with E-state index in [1.165, 1.54) is 11.1 Å². The van der Waals surface area contributed by atoms with Crippen molar-refractivity contribution in [2.75, 3.05) is 6.54 Å². The molecule has 0 saturated heterocycles. The predicted molar refractivity (Wildman–Crippen MR) is 81.7 cm³/mol. The van der Waals surface area contributed by atoms with Crippen molar-refractivity contribution in [3.05, 3.63) is 47.0 Å². The van der Waals surface area contributed by atoms with Gasteiger partial charge in [0.1, 0.15) is 0 Å². The van der Waals surface area contributed by atoms with Gasteiger partial charge in [-0.3, -0.25) is 9.67 Å². The SMILES string of the molecule is CCCNC(Cc1cnn(C)c1)c1ccc(C)nc1C. The minimum Gasteiger partial charge on any atom is -0.310 e. The van der Waals surface area contributed by atoms with Crippen LogP contribution in [0.3, 0.4) is 0 Å². The third kappa shape index (κ3) is 3.67. The Hall–Kier alpha value is -1.68. The first-order valence-electron chi connectivity index (χ1n) is 7.25. The van der Waals surface area contributed by atoms with Gasteiger partial charge >= 0.3 is 0 Å². The molecule has 4 heteroatoms. The zero-order valence-electron chi connectivity index (χ0n) is 12.8. The summed E-state index contributed by atoms with van der Waals surface area (Å²) in [5, 5.41) is 7.88. The summed E-state index contributed by atoms with van der Waals surface area (Å²) in [6, 6.07) is 4.58. The van der Waals surface area contributed by atoms with Crippen LogP contribution >= 0.6 is 0 Å². The average molecular weight is 272 g/mol. The normalized spacial score (nSPS) is 12.6. The summed E-state index contributed by atoms with van der Waals surface area (Å²) in [4.78, 5) is 4.59. The van der Waals surface area contributed by atoms with Crippen molar-refractivity contribution in [3.63, 3.8) is 0 Å². The van der Waals surface area contributed by atoms with Crippen LogP contribution in [0.15, 0.2) is 24.5 Å². The average Bonchev–Trinajstić information content (AvgIpc) is 2.80. The van der Waals surface area contributed by atoms with Crippen molar-refractivity contribution >= 4 is 0 Å². The summed E-state index contributed by atoms with van der Waals surface area (Å²) in [6.07, 6.45) is 6.09. The number of nitrogens with one attached hydrogen (secondary N) is 1. The molecular weight excluding hydrogens is 248 g/mol. The lowest BCUT2D eigenvalue weighted by molar-refractivity contribution is 0.525. The van der Waals surface area contributed by atoms with Gasteiger partial charge in [0, 0.05) is 30.7 Å². The highest BCUT2D eigenvalue weighted by atomic mass is 15.2. The lowest BCUT2D eigenvalue weighted by atomic mass is 9.99. The summed E-state index contributed by atoms with van der Waals surface area (Å²) < 4.78 is 1.85. The molecular formula is C16H24N4. The molecule has 0 spiro atoms. The van der Waals surface area contributed by atoms with Gasteiger partial charge in [-0.15, -0.1) is 0 Å². The van der Waals surface area contributed by atoms with Gasteiger partial charge in [-0.25, -0.2) is 0 Å². The van der Waals surface area contributed by atoms with Crippen molar-refractivity contribution in [2.45, 2.75) is 39.7 Å². The van der Waals surface area contributed by atoms with Crippen LogP contribution in [0.5, 0.6) is 0 Å². The van der Waals surface area contributed by atoms with Crippen molar-refractivity contribution in [2.24, 2.45) is 7.05 Å². The maximum atomic E-state index is 4.59. The lowest BCUT2D eigenvalue weighted by Gasteiger charge is -2.20. The molecule has 0 radical (unpaired) electrons. The molecule has 20 heavy (non-hydrogen) atoms. The van der Waals surface area contributed by atoms with Gasteiger partial charge < -0.3 is 5.32 Å². The second-order valence-corrected chi connectivity index (χ2v) is 5.36. The van der Waals surface area contributed by atoms with Crippen LogP contribution in [0.2, 0.25) is 0 Å². The third-order valence-electron chi connectivity index (χ3n) is 3.48. The van der Waals surface area contributed by atoms with Crippen LogP contribution in [-0.2, 0) is 13.5 Å². The molecule has 2 heterocycles. The van der Waals surface area contributed by atoms with E-state index in [9.17, 15) is 0 Å². The fourth-order valence-electron chi connectivity index (χ4n) is 2.49. The first-order valence-corrected chi connectivity index (χ1v) is 7.25. The van der Waals surface area contributed by atoms with Crippen LogP contribution in [0.1, 0.15) is 41.9 Å². The highest BCUT2D eigenvalue weighted by molar-refractivity contribution is 5.27. The monoisotopic (exact) mass is 272 g/mol. The van der Waals surface area contributed by atoms with Gasteiger partial charge in [0.25, 0.3) is 0 Å². The first kappa shape index (κ1) is 14.7. The molecule has 0 saturated carbocycles. The number of pyridine rings is 1. The van der Waals surface area contributed by atoms with Crippen molar-refractivity contribution < 1.29 is 0 Å². The molecule has 0 aliphatic heterocycles. The van der Waals surface area contributed by atoms with Gasteiger partial charge in [-0.1, -0.05) is 13.0 Å². The van der Waals surface area contributed by atoms with Crippen LogP contribution < -0.4 is 5.32 Å². The maximum absolute atomic E-state index is 4.59. The Labute approximate surface area is 121 Å². The molecule has 0 aromatic carbocycles. The highest BCUT2D eigenvalue weighted by Gasteiger charge is 2.15. The van der Waals surface area contributed by atoms with E-state index in [4.69, 9.17) is 0 Å². The van der Waals surface area contributed by atoms with E-state index in [0.717, 1.165) is 30.8 Å². The Morgan fingerprint density at radius 3 is 2.70 bits per heavy atom. The Balaban J connectivity index is 2.22. The molecule has 2 aromatic heterocycles. The largest absolute Gasteiger partial charge is 0.310 e. The van der Waals surface area contributed by atoms with Crippen LogP contribution in [-0.4, -0.2) is 21.3 Å². The van der Waals surface area contributed by atoms with E-state index in [2.05, 4.69) is 47.6 Å². The van der Waals surface area contributed by atoms with Gasteiger partial charge in [-0.05, 0) is 50.4 Å². The smallest absolute Gasteiger partial charge is 0.0522 e. The number of rotatable bonds is 6. The van der Waals surface area contributed by atoms with Crippen molar-refractivity contribution in [1.29, 1.82) is 0 Å². The zero-order chi connectivity index (χ0) is 14.5. The molecule has 4 nitrogen and oxygen atoms in total. The molecule has 0 fully saturated rings. The summed E-state index contributed by atoms with van der Waals surface area (Å²) in [6.45, 7) is 7.32. The number of nitrogens with zero attached hydrogens (tertiary/aromatic N) is 3. The van der Waals surface area contributed by atoms with E-state index in [1.54, 1.807) is 0 Å². The standard InChI is InChI=1S/C16H24N4/c1-5-8-17-16(9-14-10-18-20(4)11-14)15-7-6-12(2)19-13(15)3/h6-7,10-11,16-17H,5,8-9H2,1-4H3. The molecule has 1 atom stereocenters. The summed E-state index contributed by atoms with van der Waals surface area (Å²) in [5.41, 5.74) is 4.72. The van der Waals surface area contributed by atoms with Crippen LogP contribution in [0, 0.1) is 13.8 Å². The topological polar surface area (TPSA) is 42.7 Å². The highest BCUT2D eigenvalue weighted by Crippen LogP contribution is 2.21.